The van der Waals surface area contributed by atoms with Crippen molar-refractivity contribution in [3.8, 4) is 11.5 Å². The van der Waals surface area contributed by atoms with Crippen LogP contribution < -0.4 is 14.8 Å². The van der Waals surface area contributed by atoms with E-state index in [0.29, 0.717) is 25.5 Å². The van der Waals surface area contributed by atoms with Crippen molar-refractivity contribution in [2.45, 2.75) is 33.2 Å². The minimum absolute atomic E-state index is 0.0265. The normalized spacial score (nSPS) is 10.3. The summed E-state index contributed by atoms with van der Waals surface area (Å²) in [6.45, 7) is 5.19. The number of carboxylic acid groups (broad SMARTS) is 1. The minimum atomic E-state index is -0.983. The number of nitrogens with one attached hydrogen (secondary N) is 1. The first-order valence-electron chi connectivity index (χ1n) is 8.84. The van der Waals surface area contributed by atoms with Crippen LogP contribution in [0.25, 0.3) is 0 Å². The van der Waals surface area contributed by atoms with Crippen LogP contribution in [0.15, 0.2) is 42.5 Å². The van der Waals surface area contributed by atoms with Crippen molar-refractivity contribution in [3.05, 3.63) is 59.2 Å². The van der Waals surface area contributed by atoms with E-state index < -0.39 is 5.97 Å². The Morgan fingerprint density at radius 3 is 2.56 bits per heavy atom. The molecule has 0 atom stereocenters. The molecule has 2 aromatic rings. The zero-order valence-electron chi connectivity index (χ0n) is 15.7. The van der Waals surface area contributed by atoms with Crippen molar-refractivity contribution < 1.29 is 24.2 Å². The van der Waals surface area contributed by atoms with Gasteiger partial charge in [-0.15, -0.1) is 0 Å². The van der Waals surface area contributed by atoms with E-state index in [2.05, 4.69) is 5.32 Å². The number of ether oxygens (including phenoxy) is 2. The molecule has 6 nitrogen and oxygen atoms in total. The number of aliphatic carboxylic acids is 1. The number of rotatable bonds is 10. The summed E-state index contributed by atoms with van der Waals surface area (Å²) < 4.78 is 11.5. The summed E-state index contributed by atoms with van der Waals surface area (Å²) >= 11 is 0. The van der Waals surface area contributed by atoms with Crippen LogP contribution in [0.2, 0.25) is 0 Å². The minimum Gasteiger partial charge on any atom is -0.490 e. The number of carboxylic acids is 1. The van der Waals surface area contributed by atoms with Crippen LogP contribution in [-0.2, 0) is 16.1 Å². The Morgan fingerprint density at radius 2 is 1.78 bits per heavy atom. The van der Waals surface area contributed by atoms with Gasteiger partial charge in [0.05, 0.1) is 6.42 Å². The maximum Gasteiger partial charge on any atom is 0.303 e. The molecule has 0 aliphatic heterocycles. The van der Waals surface area contributed by atoms with Crippen molar-refractivity contribution >= 4 is 11.9 Å². The van der Waals surface area contributed by atoms with Crippen LogP contribution >= 0.6 is 0 Å². The molecule has 0 heterocycles. The Hall–Kier alpha value is -3.02. The van der Waals surface area contributed by atoms with Gasteiger partial charge in [0.15, 0.2) is 0 Å². The highest BCUT2D eigenvalue weighted by Crippen LogP contribution is 2.19. The van der Waals surface area contributed by atoms with Crippen LogP contribution in [0.4, 0.5) is 0 Å². The van der Waals surface area contributed by atoms with E-state index in [1.54, 1.807) is 0 Å². The van der Waals surface area contributed by atoms with Crippen molar-refractivity contribution in [2.24, 2.45) is 0 Å². The van der Waals surface area contributed by atoms with Crippen LogP contribution in [0.1, 0.15) is 29.5 Å². The van der Waals surface area contributed by atoms with E-state index in [4.69, 9.17) is 14.6 Å². The summed E-state index contributed by atoms with van der Waals surface area (Å²) in [6, 6.07) is 13.5. The second kappa shape index (κ2) is 10.2. The van der Waals surface area contributed by atoms with Gasteiger partial charge in [-0.3, -0.25) is 9.59 Å². The van der Waals surface area contributed by atoms with Gasteiger partial charge in [-0.2, -0.15) is 0 Å². The van der Waals surface area contributed by atoms with E-state index in [9.17, 15) is 9.59 Å². The zero-order valence-corrected chi connectivity index (χ0v) is 15.7. The molecule has 0 aromatic heterocycles. The Labute approximate surface area is 159 Å². The molecule has 0 spiro atoms. The van der Waals surface area contributed by atoms with Crippen LogP contribution in [0, 0.1) is 13.8 Å². The van der Waals surface area contributed by atoms with Crippen molar-refractivity contribution in [2.75, 3.05) is 13.2 Å². The number of aryl methyl sites for hydroxylation is 2. The Balaban J connectivity index is 1.75. The molecule has 0 saturated heterocycles. The largest absolute Gasteiger partial charge is 0.490 e. The summed E-state index contributed by atoms with van der Waals surface area (Å²) in [5.41, 5.74) is 3.11. The molecule has 0 fully saturated rings. The maximum atomic E-state index is 11.6. The van der Waals surface area contributed by atoms with Crippen LogP contribution in [0.5, 0.6) is 11.5 Å². The number of benzene rings is 2. The molecule has 2 rings (SSSR count). The lowest BCUT2D eigenvalue weighted by atomic mass is 10.1. The van der Waals surface area contributed by atoms with Crippen LogP contribution in [-0.4, -0.2) is 30.2 Å². The summed E-state index contributed by atoms with van der Waals surface area (Å²) in [5, 5.41) is 11.3. The predicted octanol–water partition coefficient (Wildman–Crippen LogP) is 3.24. The van der Waals surface area contributed by atoms with E-state index in [1.807, 2.05) is 56.3 Å². The van der Waals surface area contributed by atoms with Gasteiger partial charge in [-0.05, 0) is 48.7 Å². The second-order valence-electron chi connectivity index (χ2n) is 6.28. The first-order valence-corrected chi connectivity index (χ1v) is 8.84. The molecule has 2 aromatic carbocycles. The quantitative estimate of drug-likeness (QED) is 0.626. The van der Waals surface area contributed by atoms with Gasteiger partial charge in [0, 0.05) is 13.0 Å². The van der Waals surface area contributed by atoms with E-state index in [-0.39, 0.29) is 18.7 Å². The summed E-state index contributed by atoms with van der Waals surface area (Å²) in [6.07, 6.45) is -0.198. The van der Waals surface area contributed by atoms with Gasteiger partial charge in [0.25, 0.3) is 0 Å². The molecule has 0 aliphatic carbocycles. The highest BCUT2D eigenvalue weighted by atomic mass is 16.5. The summed E-state index contributed by atoms with van der Waals surface area (Å²) in [7, 11) is 0. The number of carbonyl (C=O) groups is 2. The molecule has 0 radical (unpaired) electrons. The van der Waals surface area contributed by atoms with Gasteiger partial charge in [-0.25, -0.2) is 0 Å². The number of amides is 1. The SMILES string of the molecule is Cc1ccc(C)c(OCCOc2cccc(CNC(=O)CCC(=O)O)c2)c1. The Bertz CT molecular complexity index is 788. The van der Waals surface area contributed by atoms with Gasteiger partial charge >= 0.3 is 5.97 Å². The highest BCUT2D eigenvalue weighted by molar-refractivity contribution is 5.80. The molecule has 0 saturated carbocycles. The average Bonchev–Trinajstić information content (AvgIpc) is 2.65. The topological polar surface area (TPSA) is 84.9 Å². The van der Waals surface area contributed by atoms with Crippen molar-refractivity contribution in [1.82, 2.24) is 5.32 Å². The first kappa shape index (κ1) is 20.3. The van der Waals surface area contributed by atoms with E-state index >= 15 is 0 Å². The third kappa shape index (κ3) is 7.40. The molecule has 6 heteroatoms. The summed E-state index contributed by atoms with van der Waals surface area (Å²) in [5.74, 6) is 0.280. The van der Waals surface area contributed by atoms with E-state index in [0.717, 1.165) is 22.4 Å². The first-order chi connectivity index (χ1) is 12.9. The molecule has 2 N–H and O–H groups in total. The number of carbonyl (C=O) groups excluding carboxylic acids is 1. The third-order valence-corrected chi connectivity index (χ3v) is 3.91. The van der Waals surface area contributed by atoms with Crippen molar-refractivity contribution in [3.63, 3.8) is 0 Å². The highest BCUT2D eigenvalue weighted by Gasteiger charge is 2.06. The second-order valence-corrected chi connectivity index (χ2v) is 6.28. The van der Waals surface area contributed by atoms with Gasteiger partial charge in [-0.1, -0.05) is 24.3 Å². The number of hydrogen-bond acceptors (Lipinski definition) is 4. The molecule has 0 unspecified atom stereocenters. The average molecular weight is 371 g/mol. The van der Waals surface area contributed by atoms with Gasteiger partial charge < -0.3 is 19.9 Å². The smallest absolute Gasteiger partial charge is 0.303 e. The third-order valence-electron chi connectivity index (χ3n) is 3.91. The summed E-state index contributed by atoms with van der Waals surface area (Å²) in [4.78, 5) is 22.0. The van der Waals surface area contributed by atoms with E-state index in [1.165, 1.54) is 0 Å². The molecule has 0 aliphatic rings. The molecular weight excluding hydrogens is 346 g/mol. The van der Waals surface area contributed by atoms with Crippen LogP contribution in [0.3, 0.4) is 0 Å². The molecular formula is C21H25NO5. The lowest BCUT2D eigenvalue weighted by molar-refractivity contribution is -0.138. The lowest BCUT2D eigenvalue weighted by Gasteiger charge is -2.12. The number of hydrogen-bond donors (Lipinski definition) is 2. The fraction of sp³-hybridized carbons (Fsp3) is 0.333. The Morgan fingerprint density at radius 1 is 1.00 bits per heavy atom. The molecule has 144 valence electrons. The fourth-order valence-electron chi connectivity index (χ4n) is 2.43. The van der Waals surface area contributed by atoms with Gasteiger partial charge in [0.2, 0.25) is 5.91 Å². The predicted molar refractivity (Wildman–Crippen MR) is 102 cm³/mol. The van der Waals surface area contributed by atoms with Gasteiger partial charge in [0.1, 0.15) is 24.7 Å². The monoisotopic (exact) mass is 371 g/mol. The fourth-order valence-corrected chi connectivity index (χ4v) is 2.43. The molecule has 0 bridgehead atoms. The molecule has 1 amide bonds. The Kier molecular flexibility index (Phi) is 7.67. The van der Waals surface area contributed by atoms with Crippen molar-refractivity contribution in [1.29, 1.82) is 0 Å². The molecule has 27 heavy (non-hydrogen) atoms. The zero-order chi connectivity index (χ0) is 19.6. The maximum absolute atomic E-state index is 11.6. The standard InChI is InChI=1S/C21H25NO5/c1-15-6-7-16(2)19(12-15)27-11-10-26-18-5-3-4-17(13-18)14-22-20(23)8-9-21(24)25/h3-7,12-13H,8-11,14H2,1-2H3,(H,22,23)(H,24,25). The lowest BCUT2D eigenvalue weighted by Crippen LogP contribution is -2.23.